The summed E-state index contributed by atoms with van der Waals surface area (Å²) < 4.78 is 37.0. The van der Waals surface area contributed by atoms with Gasteiger partial charge in [-0.2, -0.15) is 0 Å². The number of hydrogen-bond acceptors (Lipinski definition) is 6. The number of sulfonamides is 1. The van der Waals surface area contributed by atoms with Gasteiger partial charge < -0.3 is 14.5 Å². The molecule has 0 saturated carbocycles. The largest absolute Gasteiger partial charge is 0.460 e. The summed E-state index contributed by atoms with van der Waals surface area (Å²) in [7, 11) is -3.78. The molecule has 0 bridgehead atoms. The number of esters is 1. The predicted octanol–water partition coefficient (Wildman–Crippen LogP) is 1.15. The van der Waals surface area contributed by atoms with E-state index in [1.54, 1.807) is 6.92 Å². The third-order valence-corrected chi connectivity index (χ3v) is 4.82. The smallest absolute Gasteiger partial charge is 0.374 e. The van der Waals surface area contributed by atoms with Gasteiger partial charge in [-0.25, -0.2) is 17.9 Å². The van der Waals surface area contributed by atoms with Crippen molar-refractivity contribution in [2.45, 2.75) is 31.4 Å². The van der Waals surface area contributed by atoms with Gasteiger partial charge in [0.1, 0.15) is 0 Å². The standard InChI is InChI=1S/C13H20N2O5S.ClH/c1-3-19-13(16)11-4-5-12(20-11)21(17,18)15-10-8-14-7-6-9(10)2;/h4-5,9-10,14-15H,3,6-8H2,1-2H3;1H. The molecular weight excluding hydrogens is 332 g/mol. The zero-order valence-electron chi connectivity index (χ0n) is 12.5. The first kappa shape index (κ1) is 19.0. The van der Waals surface area contributed by atoms with Gasteiger partial charge in [0.15, 0.2) is 0 Å². The minimum absolute atomic E-state index is 0. The summed E-state index contributed by atoms with van der Waals surface area (Å²) in [5, 5.41) is 2.87. The fraction of sp³-hybridized carbons (Fsp3) is 0.615. The molecule has 2 atom stereocenters. The molecule has 1 aromatic rings. The van der Waals surface area contributed by atoms with E-state index in [-0.39, 0.29) is 41.8 Å². The lowest BCUT2D eigenvalue weighted by molar-refractivity contribution is 0.0484. The van der Waals surface area contributed by atoms with Crippen LogP contribution in [0.4, 0.5) is 0 Å². The highest BCUT2D eigenvalue weighted by Crippen LogP contribution is 2.18. The van der Waals surface area contributed by atoms with Gasteiger partial charge in [0.2, 0.25) is 10.9 Å². The minimum Gasteiger partial charge on any atom is -0.460 e. The van der Waals surface area contributed by atoms with Crippen LogP contribution in [0.5, 0.6) is 0 Å². The summed E-state index contributed by atoms with van der Waals surface area (Å²) in [6.07, 6.45) is 0.902. The van der Waals surface area contributed by atoms with E-state index in [1.165, 1.54) is 12.1 Å². The van der Waals surface area contributed by atoms with Gasteiger partial charge in [-0.1, -0.05) is 6.92 Å². The molecular formula is C13H21ClN2O5S. The fourth-order valence-corrected chi connectivity index (χ4v) is 3.46. The van der Waals surface area contributed by atoms with Crippen LogP contribution in [0.25, 0.3) is 0 Å². The first-order chi connectivity index (χ1) is 9.94. The zero-order chi connectivity index (χ0) is 15.5. The fourth-order valence-electron chi connectivity index (χ4n) is 2.18. The Kier molecular flexibility index (Phi) is 6.86. The number of carbonyl (C=O) groups excluding carboxylic acids is 1. The Labute approximate surface area is 136 Å². The molecule has 2 heterocycles. The maximum Gasteiger partial charge on any atom is 0.374 e. The van der Waals surface area contributed by atoms with Crippen molar-refractivity contribution in [2.24, 2.45) is 5.92 Å². The molecule has 2 rings (SSSR count). The molecule has 0 aromatic carbocycles. The molecule has 22 heavy (non-hydrogen) atoms. The van der Waals surface area contributed by atoms with Crippen molar-refractivity contribution in [3.8, 4) is 0 Å². The van der Waals surface area contributed by atoms with Crippen molar-refractivity contribution in [3.05, 3.63) is 17.9 Å². The van der Waals surface area contributed by atoms with Crippen LogP contribution in [0, 0.1) is 5.92 Å². The summed E-state index contributed by atoms with van der Waals surface area (Å²) in [6, 6.07) is 2.37. The lowest BCUT2D eigenvalue weighted by Crippen LogP contribution is -2.50. The molecule has 0 radical (unpaired) electrons. The maximum atomic E-state index is 12.3. The van der Waals surface area contributed by atoms with E-state index in [1.807, 2.05) is 6.92 Å². The van der Waals surface area contributed by atoms with Crippen LogP contribution in [-0.2, 0) is 14.8 Å². The molecule has 1 aliphatic heterocycles. The summed E-state index contributed by atoms with van der Waals surface area (Å²) in [5.41, 5.74) is 0. The molecule has 9 heteroatoms. The van der Waals surface area contributed by atoms with Crippen molar-refractivity contribution in [2.75, 3.05) is 19.7 Å². The lowest BCUT2D eigenvalue weighted by Gasteiger charge is -2.29. The summed E-state index contributed by atoms with van der Waals surface area (Å²) >= 11 is 0. The number of piperidine rings is 1. The highest BCUT2D eigenvalue weighted by Gasteiger charge is 2.29. The summed E-state index contributed by atoms with van der Waals surface area (Å²) in [5.74, 6) is -0.556. The molecule has 2 unspecified atom stereocenters. The second-order valence-electron chi connectivity index (χ2n) is 5.04. The Morgan fingerprint density at radius 3 is 2.86 bits per heavy atom. The maximum absolute atomic E-state index is 12.3. The quantitative estimate of drug-likeness (QED) is 0.771. The number of furan rings is 1. The molecule has 0 amide bonds. The number of hydrogen-bond donors (Lipinski definition) is 2. The molecule has 0 aliphatic carbocycles. The topological polar surface area (TPSA) is 97.6 Å². The highest BCUT2D eigenvalue weighted by molar-refractivity contribution is 7.89. The number of nitrogens with one attached hydrogen (secondary N) is 2. The van der Waals surface area contributed by atoms with Crippen LogP contribution < -0.4 is 10.0 Å². The van der Waals surface area contributed by atoms with Crippen LogP contribution in [0.1, 0.15) is 30.8 Å². The van der Waals surface area contributed by atoms with Gasteiger partial charge in [-0.05, 0) is 37.9 Å². The predicted molar refractivity (Wildman–Crippen MR) is 82.7 cm³/mol. The Bertz CT molecular complexity index is 601. The van der Waals surface area contributed by atoms with Crippen molar-refractivity contribution in [3.63, 3.8) is 0 Å². The van der Waals surface area contributed by atoms with Gasteiger partial charge in [-0.15, -0.1) is 12.4 Å². The number of carbonyl (C=O) groups is 1. The molecule has 0 spiro atoms. The highest BCUT2D eigenvalue weighted by atomic mass is 35.5. The second-order valence-corrected chi connectivity index (χ2v) is 6.68. The van der Waals surface area contributed by atoms with E-state index in [2.05, 4.69) is 10.0 Å². The number of rotatable bonds is 5. The monoisotopic (exact) mass is 352 g/mol. The zero-order valence-corrected chi connectivity index (χ0v) is 14.1. The Morgan fingerprint density at radius 1 is 1.50 bits per heavy atom. The first-order valence-electron chi connectivity index (χ1n) is 6.94. The van der Waals surface area contributed by atoms with Gasteiger partial charge in [-0.3, -0.25) is 0 Å². The lowest BCUT2D eigenvalue weighted by atomic mass is 9.96. The van der Waals surface area contributed by atoms with Crippen LogP contribution in [0.3, 0.4) is 0 Å². The average molecular weight is 353 g/mol. The van der Waals surface area contributed by atoms with Crippen molar-refractivity contribution >= 4 is 28.4 Å². The van der Waals surface area contributed by atoms with Gasteiger partial charge in [0.05, 0.1) is 6.61 Å². The average Bonchev–Trinajstić information content (AvgIpc) is 2.92. The third-order valence-electron chi connectivity index (χ3n) is 3.46. The minimum atomic E-state index is -3.78. The van der Waals surface area contributed by atoms with Gasteiger partial charge >= 0.3 is 5.97 Å². The van der Waals surface area contributed by atoms with Crippen molar-refractivity contribution in [1.82, 2.24) is 10.0 Å². The van der Waals surface area contributed by atoms with Crippen LogP contribution in [0.15, 0.2) is 21.6 Å². The Morgan fingerprint density at radius 2 is 2.23 bits per heavy atom. The normalized spacial score (nSPS) is 21.9. The summed E-state index contributed by atoms with van der Waals surface area (Å²) in [4.78, 5) is 11.5. The molecule has 1 saturated heterocycles. The van der Waals surface area contributed by atoms with E-state index in [9.17, 15) is 13.2 Å². The molecule has 2 N–H and O–H groups in total. The van der Waals surface area contributed by atoms with E-state index in [0.717, 1.165) is 13.0 Å². The summed E-state index contributed by atoms with van der Waals surface area (Å²) in [6.45, 7) is 5.32. The molecule has 1 aromatic heterocycles. The van der Waals surface area contributed by atoms with Crippen LogP contribution in [0.2, 0.25) is 0 Å². The number of halogens is 1. The van der Waals surface area contributed by atoms with Crippen molar-refractivity contribution < 1.29 is 22.4 Å². The first-order valence-corrected chi connectivity index (χ1v) is 8.42. The van der Waals surface area contributed by atoms with Crippen LogP contribution >= 0.6 is 12.4 Å². The molecule has 7 nitrogen and oxygen atoms in total. The Hall–Kier alpha value is -1.09. The van der Waals surface area contributed by atoms with E-state index >= 15 is 0 Å². The molecule has 1 aliphatic rings. The van der Waals surface area contributed by atoms with E-state index < -0.39 is 16.0 Å². The van der Waals surface area contributed by atoms with Gasteiger partial charge in [0.25, 0.3) is 10.0 Å². The van der Waals surface area contributed by atoms with Gasteiger partial charge in [0, 0.05) is 12.6 Å². The van der Waals surface area contributed by atoms with E-state index in [0.29, 0.717) is 6.54 Å². The van der Waals surface area contributed by atoms with Crippen molar-refractivity contribution in [1.29, 1.82) is 0 Å². The SMILES string of the molecule is CCOC(=O)c1ccc(S(=O)(=O)NC2CNCCC2C)o1.Cl. The third kappa shape index (κ3) is 4.45. The molecule has 1 fully saturated rings. The van der Waals surface area contributed by atoms with E-state index in [4.69, 9.17) is 9.15 Å². The number of ether oxygens (including phenoxy) is 1. The second kappa shape index (κ2) is 7.96. The Balaban J connectivity index is 0.00000242. The van der Waals surface area contributed by atoms with Crippen LogP contribution in [-0.4, -0.2) is 40.1 Å². The molecule has 126 valence electrons.